The van der Waals surface area contributed by atoms with Gasteiger partial charge in [0.15, 0.2) is 5.01 Å². The van der Waals surface area contributed by atoms with Crippen molar-refractivity contribution in [3.8, 4) is 10.6 Å². The van der Waals surface area contributed by atoms with Crippen LogP contribution in [0.2, 0.25) is 0 Å². The Balaban J connectivity index is 1.75. The molecule has 0 bridgehead atoms. The number of hydrogen-bond donors (Lipinski definition) is 1. The Morgan fingerprint density at radius 1 is 1.50 bits per heavy atom. The molecule has 1 aliphatic heterocycles. The molecule has 1 N–H and O–H groups in total. The first-order chi connectivity index (χ1) is 11.6. The van der Waals surface area contributed by atoms with E-state index in [1.54, 1.807) is 12.1 Å². The van der Waals surface area contributed by atoms with Gasteiger partial charge in [-0.15, -0.1) is 10.2 Å². The minimum absolute atomic E-state index is 0.0657. The minimum Gasteiger partial charge on any atom is -0.352 e. The Morgan fingerprint density at radius 3 is 3.12 bits per heavy atom. The summed E-state index contributed by atoms with van der Waals surface area (Å²) in [6.45, 7) is 3.43. The van der Waals surface area contributed by atoms with Crippen LogP contribution in [0.3, 0.4) is 0 Å². The van der Waals surface area contributed by atoms with E-state index in [0.717, 1.165) is 29.0 Å². The Kier molecular flexibility index (Phi) is 5.45. The highest BCUT2D eigenvalue weighted by Gasteiger charge is 2.24. The summed E-state index contributed by atoms with van der Waals surface area (Å²) in [6, 6.07) is 4.91. The molecule has 1 aromatic heterocycles. The second-order valence-corrected chi connectivity index (χ2v) is 7.59. The monoisotopic (exact) mass is 412 g/mol. The molecule has 0 spiro atoms. The molecule has 8 heteroatoms. The smallest absolute Gasteiger partial charge is 0.219 e. The van der Waals surface area contributed by atoms with E-state index in [2.05, 4.69) is 36.3 Å². The Hall–Kier alpha value is -1.54. The van der Waals surface area contributed by atoms with E-state index in [9.17, 15) is 9.18 Å². The second kappa shape index (κ2) is 7.57. The van der Waals surface area contributed by atoms with Gasteiger partial charge in [-0.1, -0.05) is 34.2 Å². The molecule has 5 nitrogen and oxygen atoms in total. The second-order valence-electron chi connectivity index (χ2n) is 5.72. The van der Waals surface area contributed by atoms with Crippen molar-refractivity contribution in [3.63, 3.8) is 0 Å². The van der Waals surface area contributed by atoms with Crippen LogP contribution in [0, 0.1) is 5.82 Å². The van der Waals surface area contributed by atoms with Gasteiger partial charge >= 0.3 is 0 Å². The molecule has 2 aromatic rings. The lowest BCUT2D eigenvalue weighted by Gasteiger charge is -2.32. The molecular weight excluding hydrogens is 395 g/mol. The molecule has 3 rings (SSSR count). The molecule has 128 valence electrons. The Bertz CT molecular complexity index is 739. The van der Waals surface area contributed by atoms with Gasteiger partial charge in [-0.3, -0.25) is 4.79 Å². The fraction of sp³-hybridized carbons (Fsp3) is 0.438. The maximum atomic E-state index is 14.0. The summed E-state index contributed by atoms with van der Waals surface area (Å²) in [5.74, 6) is -0.247. The zero-order valence-corrected chi connectivity index (χ0v) is 15.7. The fourth-order valence-electron chi connectivity index (χ4n) is 2.71. The number of piperidine rings is 1. The van der Waals surface area contributed by atoms with Gasteiger partial charge in [0.1, 0.15) is 5.82 Å². The fourth-order valence-corrected chi connectivity index (χ4v) is 3.97. The molecule has 1 fully saturated rings. The third kappa shape index (κ3) is 3.92. The summed E-state index contributed by atoms with van der Waals surface area (Å²) in [4.78, 5) is 13.7. The summed E-state index contributed by atoms with van der Waals surface area (Å²) in [6.07, 6.45) is 2.44. The number of hydrogen-bond acceptors (Lipinski definition) is 5. The van der Waals surface area contributed by atoms with Crippen LogP contribution in [0.25, 0.3) is 10.6 Å². The van der Waals surface area contributed by atoms with E-state index in [1.165, 1.54) is 17.4 Å². The van der Waals surface area contributed by atoms with Crippen LogP contribution in [0.4, 0.5) is 9.52 Å². The normalized spacial score (nSPS) is 17.8. The van der Waals surface area contributed by atoms with Crippen LogP contribution in [0.5, 0.6) is 0 Å². The lowest BCUT2D eigenvalue weighted by molar-refractivity contribution is -0.121. The van der Waals surface area contributed by atoms with E-state index >= 15 is 0 Å². The standard InChI is InChI=1S/C16H18BrFN4OS/c1-2-14(23)19-11-4-3-7-22(9-11)16-21-20-15(24-16)12-8-10(17)5-6-13(12)18/h5-6,8,11H,2-4,7,9H2,1H3,(H,19,23). The number of aromatic nitrogens is 2. The summed E-state index contributed by atoms with van der Waals surface area (Å²) < 4.78 is 14.8. The van der Waals surface area contributed by atoms with Gasteiger partial charge in [-0.2, -0.15) is 0 Å². The van der Waals surface area contributed by atoms with Crippen molar-refractivity contribution in [3.05, 3.63) is 28.5 Å². The highest BCUT2D eigenvalue weighted by molar-refractivity contribution is 9.10. The number of anilines is 1. The maximum absolute atomic E-state index is 14.0. The van der Waals surface area contributed by atoms with Crippen LogP contribution in [-0.2, 0) is 4.79 Å². The van der Waals surface area contributed by atoms with Crippen LogP contribution in [0.15, 0.2) is 22.7 Å². The van der Waals surface area contributed by atoms with Gasteiger partial charge in [-0.05, 0) is 31.0 Å². The van der Waals surface area contributed by atoms with Crippen LogP contribution in [-0.4, -0.2) is 35.2 Å². The average molecular weight is 413 g/mol. The Labute approximate surface area is 152 Å². The molecule has 1 saturated heterocycles. The van der Waals surface area contributed by atoms with Gasteiger partial charge in [0.2, 0.25) is 11.0 Å². The number of nitrogens with one attached hydrogen (secondary N) is 1. The predicted molar refractivity (Wildman–Crippen MR) is 96.7 cm³/mol. The van der Waals surface area contributed by atoms with Gasteiger partial charge in [0, 0.05) is 35.6 Å². The van der Waals surface area contributed by atoms with Crippen LogP contribution >= 0.6 is 27.3 Å². The van der Waals surface area contributed by atoms with Crippen molar-refractivity contribution in [1.82, 2.24) is 15.5 Å². The third-order valence-corrected chi connectivity index (χ3v) is 5.46. The van der Waals surface area contributed by atoms with E-state index < -0.39 is 0 Å². The molecular formula is C16H18BrFN4OS. The van der Waals surface area contributed by atoms with Gasteiger partial charge in [0.25, 0.3) is 0 Å². The Morgan fingerprint density at radius 2 is 2.33 bits per heavy atom. The number of carbonyl (C=O) groups is 1. The zero-order valence-electron chi connectivity index (χ0n) is 13.3. The summed E-state index contributed by atoms with van der Waals surface area (Å²) in [7, 11) is 0. The van der Waals surface area contributed by atoms with Crippen molar-refractivity contribution >= 4 is 38.3 Å². The van der Waals surface area contributed by atoms with Crippen molar-refractivity contribution in [2.75, 3.05) is 18.0 Å². The van der Waals surface area contributed by atoms with Crippen molar-refractivity contribution in [1.29, 1.82) is 0 Å². The molecule has 24 heavy (non-hydrogen) atoms. The van der Waals surface area contributed by atoms with E-state index in [0.29, 0.717) is 23.5 Å². The molecule has 1 atom stereocenters. The van der Waals surface area contributed by atoms with Crippen molar-refractivity contribution in [2.45, 2.75) is 32.2 Å². The molecule has 2 heterocycles. The number of rotatable bonds is 4. The number of benzene rings is 1. The van der Waals surface area contributed by atoms with Crippen molar-refractivity contribution in [2.24, 2.45) is 0 Å². The van der Waals surface area contributed by atoms with Gasteiger partial charge in [-0.25, -0.2) is 4.39 Å². The molecule has 1 unspecified atom stereocenters. The first kappa shape index (κ1) is 17.3. The number of amides is 1. The molecule has 1 amide bonds. The highest BCUT2D eigenvalue weighted by Crippen LogP contribution is 2.33. The zero-order chi connectivity index (χ0) is 17.1. The van der Waals surface area contributed by atoms with E-state index in [-0.39, 0.29) is 17.8 Å². The topological polar surface area (TPSA) is 58.1 Å². The summed E-state index contributed by atoms with van der Waals surface area (Å²) in [5, 5.41) is 12.7. The molecule has 0 saturated carbocycles. The lowest BCUT2D eigenvalue weighted by Crippen LogP contribution is -2.47. The van der Waals surface area contributed by atoms with Crippen LogP contribution < -0.4 is 10.2 Å². The lowest BCUT2D eigenvalue weighted by atomic mass is 10.1. The number of halogens is 2. The first-order valence-electron chi connectivity index (χ1n) is 7.90. The SMILES string of the molecule is CCC(=O)NC1CCCN(c2nnc(-c3cc(Br)ccc3F)s2)C1. The van der Waals surface area contributed by atoms with Gasteiger partial charge in [0.05, 0.1) is 0 Å². The first-order valence-corrected chi connectivity index (χ1v) is 9.51. The largest absolute Gasteiger partial charge is 0.352 e. The molecule has 0 aliphatic carbocycles. The molecule has 1 aromatic carbocycles. The minimum atomic E-state index is -0.312. The number of carbonyl (C=O) groups excluding carboxylic acids is 1. The third-order valence-electron chi connectivity index (χ3n) is 3.95. The quantitative estimate of drug-likeness (QED) is 0.832. The van der Waals surface area contributed by atoms with E-state index in [4.69, 9.17) is 0 Å². The summed E-state index contributed by atoms with van der Waals surface area (Å²) >= 11 is 4.73. The molecule has 1 aliphatic rings. The van der Waals surface area contributed by atoms with Crippen LogP contribution in [0.1, 0.15) is 26.2 Å². The highest BCUT2D eigenvalue weighted by atomic mass is 79.9. The van der Waals surface area contributed by atoms with Gasteiger partial charge < -0.3 is 10.2 Å². The number of nitrogens with zero attached hydrogens (tertiary/aromatic N) is 3. The van der Waals surface area contributed by atoms with E-state index in [1.807, 2.05) is 6.92 Å². The average Bonchev–Trinajstić information content (AvgIpc) is 3.07. The maximum Gasteiger partial charge on any atom is 0.219 e. The predicted octanol–water partition coefficient (Wildman–Crippen LogP) is 3.60. The molecule has 0 radical (unpaired) electrons. The summed E-state index contributed by atoms with van der Waals surface area (Å²) in [5.41, 5.74) is 0.445. The van der Waals surface area contributed by atoms with Crippen molar-refractivity contribution < 1.29 is 9.18 Å².